The fourth-order valence-corrected chi connectivity index (χ4v) is 1.87. The van der Waals surface area contributed by atoms with Crippen molar-refractivity contribution in [2.45, 2.75) is 72.8 Å². The maximum atomic E-state index is 11.9. The molecule has 0 fully saturated rings. The van der Waals surface area contributed by atoms with Gasteiger partial charge in [-0.3, -0.25) is 4.79 Å². The molecule has 2 heteroatoms. The van der Waals surface area contributed by atoms with Crippen LogP contribution in [0, 0.1) is 11.8 Å². The number of rotatable bonds is 8. The Morgan fingerprint density at radius 1 is 1.12 bits per heavy atom. The number of hydrogen-bond donors (Lipinski definition) is 0. The van der Waals surface area contributed by atoms with E-state index in [2.05, 4.69) is 20.8 Å². The van der Waals surface area contributed by atoms with Crippen LogP contribution in [0.15, 0.2) is 0 Å². The molecule has 0 amide bonds. The molecular formula is C14H28O2. The molecule has 0 saturated heterocycles. The molecule has 16 heavy (non-hydrogen) atoms. The summed E-state index contributed by atoms with van der Waals surface area (Å²) < 4.78 is 5.30. The third kappa shape index (κ3) is 7.72. The Hall–Kier alpha value is -0.530. The van der Waals surface area contributed by atoms with Crippen molar-refractivity contribution in [3.05, 3.63) is 0 Å². The monoisotopic (exact) mass is 228 g/mol. The third-order valence-electron chi connectivity index (χ3n) is 2.60. The molecular weight excluding hydrogens is 200 g/mol. The van der Waals surface area contributed by atoms with Crippen molar-refractivity contribution in [2.24, 2.45) is 11.8 Å². The molecule has 0 radical (unpaired) electrons. The van der Waals surface area contributed by atoms with Crippen LogP contribution in [0.5, 0.6) is 0 Å². The van der Waals surface area contributed by atoms with Gasteiger partial charge in [0.2, 0.25) is 0 Å². The Morgan fingerprint density at radius 3 is 2.19 bits per heavy atom. The third-order valence-corrected chi connectivity index (χ3v) is 2.60. The Morgan fingerprint density at radius 2 is 1.75 bits per heavy atom. The van der Waals surface area contributed by atoms with Gasteiger partial charge in [-0.05, 0) is 32.6 Å². The highest BCUT2D eigenvalue weighted by molar-refractivity contribution is 5.72. The number of carbonyl (C=O) groups excluding carboxylic acids is 1. The molecule has 0 rings (SSSR count). The average molecular weight is 228 g/mol. The molecule has 2 nitrogen and oxygen atoms in total. The first kappa shape index (κ1) is 15.5. The Kier molecular flexibility index (Phi) is 8.32. The zero-order valence-corrected chi connectivity index (χ0v) is 11.6. The lowest BCUT2D eigenvalue weighted by Gasteiger charge is -2.19. The van der Waals surface area contributed by atoms with E-state index in [0.717, 1.165) is 19.3 Å². The van der Waals surface area contributed by atoms with Crippen LogP contribution >= 0.6 is 0 Å². The van der Waals surface area contributed by atoms with Gasteiger partial charge < -0.3 is 4.74 Å². The molecule has 0 aliphatic rings. The van der Waals surface area contributed by atoms with Crippen LogP contribution in [0.25, 0.3) is 0 Å². The summed E-state index contributed by atoms with van der Waals surface area (Å²) in [5.74, 6) is 0.667. The molecule has 0 aromatic rings. The van der Waals surface area contributed by atoms with E-state index >= 15 is 0 Å². The van der Waals surface area contributed by atoms with Crippen LogP contribution in [-0.2, 0) is 9.53 Å². The van der Waals surface area contributed by atoms with Crippen molar-refractivity contribution in [3.8, 4) is 0 Å². The van der Waals surface area contributed by atoms with Crippen molar-refractivity contribution in [1.82, 2.24) is 0 Å². The second-order valence-electron chi connectivity index (χ2n) is 5.31. The van der Waals surface area contributed by atoms with E-state index in [-0.39, 0.29) is 18.0 Å². The molecule has 0 bridgehead atoms. The number of carbonyl (C=O) groups is 1. The smallest absolute Gasteiger partial charge is 0.309 e. The van der Waals surface area contributed by atoms with Crippen molar-refractivity contribution in [2.75, 3.05) is 0 Å². The number of unbranched alkanes of at least 4 members (excludes halogenated alkanes) is 2. The summed E-state index contributed by atoms with van der Waals surface area (Å²) >= 11 is 0. The van der Waals surface area contributed by atoms with Crippen molar-refractivity contribution < 1.29 is 9.53 Å². The molecule has 1 atom stereocenters. The molecule has 0 heterocycles. The van der Waals surface area contributed by atoms with Crippen molar-refractivity contribution in [3.63, 3.8) is 0 Å². The van der Waals surface area contributed by atoms with Crippen molar-refractivity contribution in [1.29, 1.82) is 0 Å². The zero-order chi connectivity index (χ0) is 12.6. The van der Waals surface area contributed by atoms with Gasteiger partial charge in [0.25, 0.3) is 0 Å². The minimum atomic E-state index is -0.000182. The second-order valence-corrected chi connectivity index (χ2v) is 5.31. The molecule has 1 unspecified atom stereocenters. The maximum absolute atomic E-state index is 11.9. The predicted octanol–water partition coefficient (Wildman–Crippen LogP) is 4.18. The standard InChI is InChI=1S/C14H28O2/c1-6-7-8-9-13(10-11(2)3)14(15)16-12(4)5/h11-13H,6-10H2,1-5H3. The van der Waals surface area contributed by atoms with Crippen LogP contribution in [0.3, 0.4) is 0 Å². The Balaban J connectivity index is 4.12. The first-order chi connectivity index (χ1) is 7.47. The highest BCUT2D eigenvalue weighted by atomic mass is 16.5. The van der Waals surface area contributed by atoms with E-state index < -0.39 is 0 Å². The first-order valence-electron chi connectivity index (χ1n) is 6.67. The van der Waals surface area contributed by atoms with Crippen LogP contribution < -0.4 is 0 Å². The largest absolute Gasteiger partial charge is 0.463 e. The van der Waals surface area contributed by atoms with E-state index in [1.807, 2.05) is 13.8 Å². The van der Waals surface area contributed by atoms with Gasteiger partial charge in [-0.15, -0.1) is 0 Å². The van der Waals surface area contributed by atoms with Crippen LogP contribution in [0.4, 0.5) is 0 Å². The second kappa shape index (κ2) is 8.60. The molecule has 0 aliphatic carbocycles. The van der Waals surface area contributed by atoms with Gasteiger partial charge in [0.05, 0.1) is 12.0 Å². The molecule has 0 aliphatic heterocycles. The Bertz CT molecular complexity index is 185. The summed E-state index contributed by atoms with van der Waals surface area (Å²) in [6.07, 6.45) is 5.50. The van der Waals surface area contributed by atoms with Gasteiger partial charge >= 0.3 is 5.97 Å². The summed E-state index contributed by atoms with van der Waals surface area (Å²) in [4.78, 5) is 11.9. The average Bonchev–Trinajstić information content (AvgIpc) is 2.14. The lowest BCUT2D eigenvalue weighted by molar-refractivity contribution is -0.153. The maximum Gasteiger partial charge on any atom is 0.309 e. The van der Waals surface area contributed by atoms with E-state index in [9.17, 15) is 4.79 Å². The minimum absolute atomic E-state index is 0.000182. The Labute approximate surface area is 101 Å². The fraction of sp³-hybridized carbons (Fsp3) is 0.929. The van der Waals surface area contributed by atoms with Gasteiger partial charge in [0, 0.05) is 0 Å². The lowest BCUT2D eigenvalue weighted by atomic mass is 9.92. The molecule has 0 aromatic heterocycles. The van der Waals surface area contributed by atoms with Crippen molar-refractivity contribution >= 4 is 5.97 Å². The molecule has 96 valence electrons. The van der Waals surface area contributed by atoms with Gasteiger partial charge in [-0.1, -0.05) is 40.0 Å². The summed E-state index contributed by atoms with van der Waals surface area (Å²) in [6.45, 7) is 10.3. The molecule has 0 spiro atoms. The zero-order valence-electron chi connectivity index (χ0n) is 11.6. The molecule has 0 N–H and O–H groups in total. The summed E-state index contributed by atoms with van der Waals surface area (Å²) in [5, 5.41) is 0. The SMILES string of the molecule is CCCCCC(CC(C)C)C(=O)OC(C)C. The van der Waals surface area contributed by atoms with Gasteiger partial charge in [0.1, 0.15) is 0 Å². The highest BCUT2D eigenvalue weighted by Crippen LogP contribution is 2.20. The van der Waals surface area contributed by atoms with E-state index in [1.54, 1.807) is 0 Å². The van der Waals surface area contributed by atoms with Crippen LogP contribution in [0.2, 0.25) is 0 Å². The fourth-order valence-electron chi connectivity index (χ4n) is 1.87. The number of ether oxygens (including phenoxy) is 1. The van der Waals surface area contributed by atoms with E-state index in [1.165, 1.54) is 12.8 Å². The normalized spacial score (nSPS) is 13.2. The van der Waals surface area contributed by atoms with Gasteiger partial charge in [-0.2, -0.15) is 0 Å². The van der Waals surface area contributed by atoms with Crippen LogP contribution in [0.1, 0.15) is 66.7 Å². The van der Waals surface area contributed by atoms with E-state index in [0.29, 0.717) is 5.92 Å². The highest BCUT2D eigenvalue weighted by Gasteiger charge is 2.21. The van der Waals surface area contributed by atoms with E-state index in [4.69, 9.17) is 4.74 Å². The minimum Gasteiger partial charge on any atom is -0.463 e. The predicted molar refractivity (Wildman–Crippen MR) is 68.3 cm³/mol. The lowest BCUT2D eigenvalue weighted by Crippen LogP contribution is -2.22. The quantitative estimate of drug-likeness (QED) is 0.460. The number of esters is 1. The van der Waals surface area contributed by atoms with Crippen LogP contribution in [-0.4, -0.2) is 12.1 Å². The first-order valence-corrected chi connectivity index (χ1v) is 6.67. The number of hydrogen-bond acceptors (Lipinski definition) is 2. The summed E-state index contributed by atoms with van der Waals surface area (Å²) in [7, 11) is 0. The summed E-state index contributed by atoms with van der Waals surface area (Å²) in [6, 6.07) is 0. The summed E-state index contributed by atoms with van der Waals surface area (Å²) in [5.41, 5.74) is 0. The molecule has 0 saturated carbocycles. The topological polar surface area (TPSA) is 26.3 Å². The van der Waals surface area contributed by atoms with Gasteiger partial charge in [-0.25, -0.2) is 0 Å². The molecule has 0 aromatic carbocycles. The van der Waals surface area contributed by atoms with Gasteiger partial charge in [0.15, 0.2) is 0 Å².